The maximum absolute atomic E-state index is 12.0. The Morgan fingerprint density at radius 2 is 1.84 bits per heavy atom. The molecule has 2 rings (SSSR count). The first kappa shape index (κ1) is 15.4. The van der Waals surface area contributed by atoms with Gasteiger partial charge in [0.2, 0.25) is 5.91 Å². The van der Waals surface area contributed by atoms with Gasteiger partial charge in [-0.05, 0) is 5.56 Å². The fraction of sp³-hybridized carbons (Fsp3) is 0.417. The van der Waals surface area contributed by atoms with Crippen molar-refractivity contribution in [2.75, 3.05) is 26.2 Å². The molecule has 1 fully saturated rings. The van der Waals surface area contributed by atoms with E-state index in [-0.39, 0.29) is 24.0 Å². The van der Waals surface area contributed by atoms with Crippen molar-refractivity contribution in [2.45, 2.75) is 6.42 Å². The molecule has 1 aliphatic heterocycles. The van der Waals surface area contributed by atoms with Crippen LogP contribution in [0.1, 0.15) is 5.56 Å². The number of halogens is 1. The molecule has 0 saturated carbocycles. The van der Waals surface area contributed by atoms with Crippen molar-refractivity contribution in [1.29, 1.82) is 0 Å². The van der Waals surface area contributed by atoms with E-state index in [9.17, 15) is 14.9 Å². The molecule has 1 aromatic carbocycles. The molecular weight excluding hydrogens is 270 g/mol. The van der Waals surface area contributed by atoms with Gasteiger partial charge >= 0.3 is 0 Å². The van der Waals surface area contributed by atoms with Gasteiger partial charge in [0.25, 0.3) is 5.69 Å². The highest BCUT2D eigenvalue weighted by Crippen LogP contribution is 2.13. The van der Waals surface area contributed by atoms with Crippen LogP contribution >= 0.6 is 12.4 Å². The number of hydrogen-bond acceptors (Lipinski definition) is 4. The van der Waals surface area contributed by atoms with Gasteiger partial charge in [-0.1, -0.05) is 12.1 Å². The number of carbonyl (C=O) groups is 1. The second-order valence-electron chi connectivity index (χ2n) is 4.23. The SMILES string of the molecule is Cl.O=C(Cc1ccc([N+](=O)[O-])cc1)N1CCNCC1. The smallest absolute Gasteiger partial charge is 0.269 e. The molecule has 1 heterocycles. The van der Waals surface area contributed by atoms with Crippen molar-refractivity contribution >= 4 is 24.0 Å². The molecule has 0 aromatic heterocycles. The van der Waals surface area contributed by atoms with Crippen LogP contribution in [0.25, 0.3) is 0 Å². The lowest BCUT2D eigenvalue weighted by atomic mass is 10.1. The monoisotopic (exact) mass is 285 g/mol. The van der Waals surface area contributed by atoms with Gasteiger partial charge < -0.3 is 10.2 Å². The van der Waals surface area contributed by atoms with Gasteiger partial charge in [-0.3, -0.25) is 14.9 Å². The number of rotatable bonds is 3. The number of benzene rings is 1. The van der Waals surface area contributed by atoms with Gasteiger partial charge in [-0.15, -0.1) is 12.4 Å². The summed E-state index contributed by atoms with van der Waals surface area (Å²) in [7, 11) is 0. The van der Waals surface area contributed by atoms with Crippen molar-refractivity contribution in [1.82, 2.24) is 10.2 Å². The van der Waals surface area contributed by atoms with Gasteiger partial charge in [-0.25, -0.2) is 0 Å². The summed E-state index contributed by atoms with van der Waals surface area (Å²) in [4.78, 5) is 23.8. The number of hydrogen-bond donors (Lipinski definition) is 1. The first-order valence-electron chi connectivity index (χ1n) is 5.88. The number of carbonyl (C=O) groups excluding carboxylic acids is 1. The Hall–Kier alpha value is -1.66. The van der Waals surface area contributed by atoms with Crippen LogP contribution in [0.4, 0.5) is 5.69 Å². The van der Waals surface area contributed by atoms with E-state index < -0.39 is 4.92 Å². The topological polar surface area (TPSA) is 75.5 Å². The maximum Gasteiger partial charge on any atom is 0.269 e. The molecule has 0 spiro atoms. The van der Waals surface area contributed by atoms with Crippen molar-refractivity contribution < 1.29 is 9.72 Å². The predicted octanol–water partition coefficient (Wildman–Crippen LogP) is 0.991. The number of nitrogens with zero attached hydrogens (tertiary/aromatic N) is 2. The molecule has 1 saturated heterocycles. The summed E-state index contributed by atoms with van der Waals surface area (Å²) < 4.78 is 0. The number of nitrogens with one attached hydrogen (secondary N) is 1. The second-order valence-corrected chi connectivity index (χ2v) is 4.23. The third-order valence-electron chi connectivity index (χ3n) is 2.97. The quantitative estimate of drug-likeness (QED) is 0.664. The summed E-state index contributed by atoms with van der Waals surface area (Å²) in [6.45, 7) is 3.11. The normalized spacial score (nSPS) is 14.6. The molecule has 1 aliphatic rings. The van der Waals surface area contributed by atoms with Gasteiger partial charge in [-0.2, -0.15) is 0 Å². The number of nitro groups is 1. The van der Waals surface area contributed by atoms with Crippen LogP contribution in [-0.2, 0) is 11.2 Å². The van der Waals surface area contributed by atoms with E-state index in [4.69, 9.17) is 0 Å². The summed E-state index contributed by atoms with van der Waals surface area (Å²) in [5.41, 5.74) is 0.859. The molecule has 19 heavy (non-hydrogen) atoms. The third-order valence-corrected chi connectivity index (χ3v) is 2.97. The van der Waals surface area contributed by atoms with Crippen molar-refractivity contribution in [3.63, 3.8) is 0 Å². The Kier molecular flexibility index (Phi) is 5.72. The van der Waals surface area contributed by atoms with Gasteiger partial charge in [0.15, 0.2) is 0 Å². The summed E-state index contributed by atoms with van der Waals surface area (Å²) in [6.07, 6.45) is 0.304. The standard InChI is InChI=1S/C12H15N3O3.ClH/c16-12(14-7-5-13-6-8-14)9-10-1-3-11(4-2-10)15(17)18;/h1-4,13H,5-9H2;1H. The highest BCUT2D eigenvalue weighted by atomic mass is 35.5. The molecular formula is C12H16ClN3O3. The van der Waals surface area contributed by atoms with E-state index in [2.05, 4.69) is 5.32 Å². The predicted molar refractivity (Wildman–Crippen MR) is 73.5 cm³/mol. The van der Waals surface area contributed by atoms with E-state index in [1.54, 1.807) is 12.1 Å². The molecule has 1 aromatic rings. The van der Waals surface area contributed by atoms with Crippen molar-refractivity contribution in [2.24, 2.45) is 0 Å². The summed E-state index contributed by atoms with van der Waals surface area (Å²) in [5.74, 6) is 0.0744. The van der Waals surface area contributed by atoms with Crippen LogP contribution in [0, 0.1) is 10.1 Å². The molecule has 104 valence electrons. The van der Waals surface area contributed by atoms with Gasteiger partial charge in [0.1, 0.15) is 0 Å². The number of non-ortho nitro benzene ring substituents is 1. The highest BCUT2D eigenvalue weighted by Gasteiger charge is 2.16. The molecule has 0 radical (unpaired) electrons. The zero-order valence-electron chi connectivity index (χ0n) is 10.4. The van der Waals surface area contributed by atoms with Crippen LogP contribution in [0.2, 0.25) is 0 Å². The van der Waals surface area contributed by atoms with E-state index in [1.165, 1.54) is 12.1 Å². The van der Waals surface area contributed by atoms with Gasteiger partial charge in [0, 0.05) is 38.3 Å². The first-order chi connectivity index (χ1) is 8.66. The molecule has 6 nitrogen and oxygen atoms in total. The van der Waals surface area contributed by atoms with Crippen LogP contribution in [0.3, 0.4) is 0 Å². The van der Waals surface area contributed by atoms with Crippen LogP contribution in [0.15, 0.2) is 24.3 Å². The number of nitro benzene ring substituents is 1. The van der Waals surface area contributed by atoms with Gasteiger partial charge in [0.05, 0.1) is 11.3 Å². The Bertz CT molecular complexity index is 444. The average molecular weight is 286 g/mol. The Morgan fingerprint density at radius 1 is 1.26 bits per heavy atom. The number of piperazine rings is 1. The van der Waals surface area contributed by atoms with E-state index in [1.807, 2.05) is 4.90 Å². The number of amides is 1. The Labute approximate surface area is 117 Å². The maximum atomic E-state index is 12.0. The lowest BCUT2D eigenvalue weighted by Gasteiger charge is -2.27. The molecule has 1 N–H and O–H groups in total. The second kappa shape index (κ2) is 7.06. The summed E-state index contributed by atoms with van der Waals surface area (Å²) >= 11 is 0. The van der Waals surface area contributed by atoms with E-state index >= 15 is 0 Å². The fourth-order valence-corrected chi connectivity index (χ4v) is 1.94. The van der Waals surface area contributed by atoms with Crippen LogP contribution < -0.4 is 5.32 Å². The Morgan fingerprint density at radius 3 is 2.37 bits per heavy atom. The summed E-state index contributed by atoms with van der Waals surface area (Å²) in [6, 6.07) is 6.14. The third kappa shape index (κ3) is 4.18. The molecule has 0 aliphatic carbocycles. The minimum Gasteiger partial charge on any atom is -0.340 e. The zero-order valence-corrected chi connectivity index (χ0v) is 11.2. The minimum absolute atomic E-state index is 0. The molecule has 0 unspecified atom stereocenters. The average Bonchev–Trinajstić information content (AvgIpc) is 2.40. The molecule has 7 heteroatoms. The molecule has 0 atom stereocenters. The summed E-state index contributed by atoms with van der Waals surface area (Å²) in [5, 5.41) is 13.7. The van der Waals surface area contributed by atoms with Crippen LogP contribution in [0.5, 0.6) is 0 Å². The first-order valence-corrected chi connectivity index (χ1v) is 5.88. The van der Waals surface area contributed by atoms with E-state index in [0.717, 1.165) is 31.7 Å². The molecule has 1 amide bonds. The highest BCUT2D eigenvalue weighted by molar-refractivity contribution is 5.85. The lowest BCUT2D eigenvalue weighted by Crippen LogP contribution is -2.46. The van der Waals surface area contributed by atoms with Crippen molar-refractivity contribution in [3.05, 3.63) is 39.9 Å². The Balaban J connectivity index is 0.00000180. The zero-order chi connectivity index (χ0) is 13.0. The van der Waals surface area contributed by atoms with Crippen LogP contribution in [-0.4, -0.2) is 41.9 Å². The lowest BCUT2D eigenvalue weighted by molar-refractivity contribution is -0.384. The molecule has 0 bridgehead atoms. The van der Waals surface area contributed by atoms with Crippen molar-refractivity contribution in [3.8, 4) is 0 Å². The largest absolute Gasteiger partial charge is 0.340 e. The minimum atomic E-state index is -0.443. The van der Waals surface area contributed by atoms with E-state index in [0.29, 0.717) is 6.42 Å². The fourth-order valence-electron chi connectivity index (χ4n) is 1.94.